The van der Waals surface area contributed by atoms with Gasteiger partial charge in [-0.2, -0.15) is 0 Å². The van der Waals surface area contributed by atoms with Gasteiger partial charge in [0.2, 0.25) is 0 Å². The molecule has 11 heavy (non-hydrogen) atoms. The predicted molar refractivity (Wildman–Crippen MR) is 43.5 cm³/mol. The molecule has 2 heteroatoms. The summed E-state index contributed by atoms with van der Waals surface area (Å²) in [5.41, 5.74) is 0. The van der Waals surface area contributed by atoms with Crippen molar-refractivity contribution in [1.82, 2.24) is 0 Å². The first-order valence-corrected chi connectivity index (χ1v) is 4.46. The largest absolute Gasteiger partial charge is 0.375 e. The fourth-order valence-corrected chi connectivity index (χ4v) is 1.60. The molecule has 1 fully saturated rings. The van der Waals surface area contributed by atoms with Gasteiger partial charge in [-0.25, -0.2) is 0 Å². The summed E-state index contributed by atoms with van der Waals surface area (Å²) in [4.78, 5) is 10.1. The van der Waals surface area contributed by atoms with Crippen LogP contribution in [-0.4, -0.2) is 18.5 Å². The minimum absolute atomic E-state index is 0.226. The van der Waals surface area contributed by atoms with Gasteiger partial charge in [-0.15, -0.1) is 0 Å². The Balaban J connectivity index is 2.17. The molecule has 1 aliphatic heterocycles. The van der Waals surface area contributed by atoms with Crippen LogP contribution in [0.3, 0.4) is 0 Å². The van der Waals surface area contributed by atoms with E-state index in [1.807, 2.05) is 0 Å². The Morgan fingerprint density at radius 1 is 1.45 bits per heavy atom. The molecule has 0 radical (unpaired) electrons. The number of aldehydes is 1. The third-order valence-electron chi connectivity index (χ3n) is 2.17. The zero-order valence-corrected chi connectivity index (χ0v) is 7.08. The SMILES string of the molecule is CCCC1CCC(CC=O)O1. The molecular weight excluding hydrogens is 140 g/mol. The Bertz CT molecular complexity index is 123. The zero-order valence-electron chi connectivity index (χ0n) is 7.08. The second-order valence-electron chi connectivity index (χ2n) is 3.15. The third kappa shape index (κ3) is 2.62. The van der Waals surface area contributed by atoms with E-state index in [9.17, 15) is 4.79 Å². The van der Waals surface area contributed by atoms with E-state index >= 15 is 0 Å². The van der Waals surface area contributed by atoms with Gasteiger partial charge in [-0.05, 0) is 19.3 Å². The molecule has 0 aliphatic carbocycles. The monoisotopic (exact) mass is 156 g/mol. The first-order chi connectivity index (χ1) is 5.36. The Morgan fingerprint density at radius 2 is 2.18 bits per heavy atom. The molecule has 2 unspecified atom stereocenters. The molecule has 0 spiro atoms. The summed E-state index contributed by atoms with van der Waals surface area (Å²) in [7, 11) is 0. The van der Waals surface area contributed by atoms with E-state index in [1.165, 1.54) is 6.42 Å². The van der Waals surface area contributed by atoms with Crippen LogP contribution in [0.5, 0.6) is 0 Å². The van der Waals surface area contributed by atoms with Crippen LogP contribution in [-0.2, 0) is 9.53 Å². The maximum absolute atomic E-state index is 10.1. The molecule has 64 valence electrons. The number of hydrogen-bond donors (Lipinski definition) is 0. The van der Waals surface area contributed by atoms with Crippen LogP contribution in [0.2, 0.25) is 0 Å². The Hall–Kier alpha value is -0.370. The number of ether oxygens (including phenoxy) is 1. The van der Waals surface area contributed by atoms with Gasteiger partial charge >= 0.3 is 0 Å². The van der Waals surface area contributed by atoms with E-state index in [0.29, 0.717) is 12.5 Å². The molecule has 1 saturated heterocycles. The quantitative estimate of drug-likeness (QED) is 0.581. The molecule has 0 bridgehead atoms. The first kappa shape index (κ1) is 8.72. The van der Waals surface area contributed by atoms with E-state index in [0.717, 1.165) is 25.5 Å². The van der Waals surface area contributed by atoms with Crippen LogP contribution in [0.4, 0.5) is 0 Å². The van der Waals surface area contributed by atoms with Crippen LogP contribution in [0, 0.1) is 0 Å². The summed E-state index contributed by atoms with van der Waals surface area (Å²) in [5.74, 6) is 0. The van der Waals surface area contributed by atoms with Crippen molar-refractivity contribution in [2.75, 3.05) is 0 Å². The van der Waals surface area contributed by atoms with Crippen LogP contribution in [0.25, 0.3) is 0 Å². The van der Waals surface area contributed by atoms with Gasteiger partial charge < -0.3 is 9.53 Å². The van der Waals surface area contributed by atoms with Crippen LogP contribution < -0.4 is 0 Å². The van der Waals surface area contributed by atoms with Gasteiger partial charge in [-0.3, -0.25) is 0 Å². The maximum Gasteiger partial charge on any atom is 0.122 e. The summed E-state index contributed by atoms with van der Waals surface area (Å²) in [5, 5.41) is 0. The van der Waals surface area contributed by atoms with E-state index in [2.05, 4.69) is 6.92 Å². The highest BCUT2D eigenvalue weighted by atomic mass is 16.5. The zero-order chi connectivity index (χ0) is 8.10. The number of carbonyl (C=O) groups is 1. The van der Waals surface area contributed by atoms with Gasteiger partial charge in [0.25, 0.3) is 0 Å². The molecule has 1 aliphatic rings. The standard InChI is InChI=1S/C9H16O2/c1-2-3-8-4-5-9(11-8)6-7-10/h7-9H,2-6H2,1H3. The van der Waals surface area contributed by atoms with Gasteiger partial charge in [0.1, 0.15) is 6.29 Å². The average molecular weight is 156 g/mol. The topological polar surface area (TPSA) is 26.3 Å². The summed E-state index contributed by atoms with van der Waals surface area (Å²) in [6, 6.07) is 0. The highest BCUT2D eigenvalue weighted by molar-refractivity contribution is 5.50. The molecule has 1 heterocycles. The Labute approximate surface area is 67.9 Å². The van der Waals surface area contributed by atoms with Crippen molar-refractivity contribution in [1.29, 1.82) is 0 Å². The van der Waals surface area contributed by atoms with Crippen LogP contribution >= 0.6 is 0 Å². The molecular formula is C9H16O2. The fraction of sp³-hybridized carbons (Fsp3) is 0.889. The highest BCUT2D eigenvalue weighted by Crippen LogP contribution is 2.24. The first-order valence-electron chi connectivity index (χ1n) is 4.46. The smallest absolute Gasteiger partial charge is 0.122 e. The summed E-state index contributed by atoms with van der Waals surface area (Å²) < 4.78 is 5.61. The van der Waals surface area contributed by atoms with Gasteiger partial charge in [0, 0.05) is 6.42 Å². The molecule has 0 aromatic carbocycles. The van der Waals surface area contributed by atoms with E-state index in [4.69, 9.17) is 4.74 Å². The Morgan fingerprint density at radius 3 is 2.82 bits per heavy atom. The predicted octanol–water partition coefficient (Wildman–Crippen LogP) is 1.92. The normalized spacial score (nSPS) is 30.6. The maximum atomic E-state index is 10.1. The van der Waals surface area contributed by atoms with E-state index in [-0.39, 0.29) is 6.10 Å². The number of rotatable bonds is 4. The summed E-state index contributed by atoms with van der Waals surface area (Å²) in [6.07, 6.45) is 6.75. The fourth-order valence-electron chi connectivity index (χ4n) is 1.60. The van der Waals surface area contributed by atoms with Crippen LogP contribution in [0.15, 0.2) is 0 Å². The Kier molecular flexibility index (Phi) is 3.57. The third-order valence-corrected chi connectivity index (χ3v) is 2.17. The molecule has 0 saturated carbocycles. The molecule has 0 aromatic rings. The lowest BCUT2D eigenvalue weighted by Gasteiger charge is -2.09. The van der Waals surface area contributed by atoms with Crippen molar-refractivity contribution in [3.63, 3.8) is 0 Å². The number of carbonyl (C=O) groups excluding carboxylic acids is 1. The van der Waals surface area contributed by atoms with Crippen molar-refractivity contribution in [2.24, 2.45) is 0 Å². The van der Waals surface area contributed by atoms with Crippen molar-refractivity contribution in [3.8, 4) is 0 Å². The summed E-state index contributed by atoms with van der Waals surface area (Å²) >= 11 is 0. The molecule has 1 rings (SSSR count). The van der Waals surface area contributed by atoms with E-state index in [1.54, 1.807) is 0 Å². The second kappa shape index (κ2) is 4.50. The molecule has 0 aromatic heterocycles. The highest BCUT2D eigenvalue weighted by Gasteiger charge is 2.23. The second-order valence-corrected chi connectivity index (χ2v) is 3.15. The average Bonchev–Trinajstić information content (AvgIpc) is 2.38. The van der Waals surface area contributed by atoms with E-state index < -0.39 is 0 Å². The minimum atomic E-state index is 0.226. The van der Waals surface area contributed by atoms with Crippen molar-refractivity contribution >= 4 is 6.29 Å². The molecule has 2 atom stereocenters. The summed E-state index contributed by atoms with van der Waals surface area (Å²) in [6.45, 7) is 2.16. The molecule has 2 nitrogen and oxygen atoms in total. The van der Waals surface area contributed by atoms with Gasteiger partial charge in [0.05, 0.1) is 12.2 Å². The molecule has 0 amide bonds. The van der Waals surface area contributed by atoms with Crippen LogP contribution in [0.1, 0.15) is 39.0 Å². The van der Waals surface area contributed by atoms with Crippen molar-refractivity contribution < 1.29 is 9.53 Å². The van der Waals surface area contributed by atoms with Crippen molar-refractivity contribution in [2.45, 2.75) is 51.2 Å². The lowest BCUT2D eigenvalue weighted by Crippen LogP contribution is -2.10. The minimum Gasteiger partial charge on any atom is -0.375 e. The van der Waals surface area contributed by atoms with Gasteiger partial charge in [-0.1, -0.05) is 13.3 Å². The number of hydrogen-bond acceptors (Lipinski definition) is 2. The van der Waals surface area contributed by atoms with Crippen molar-refractivity contribution in [3.05, 3.63) is 0 Å². The van der Waals surface area contributed by atoms with Gasteiger partial charge in [0.15, 0.2) is 0 Å². The lowest BCUT2D eigenvalue weighted by molar-refractivity contribution is -0.110. The lowest BCUT2D eigenvalue weighted by atomic mass is 10.1. The molecule has 0 N–H and O–H groups in total.